The summed E-state index contributed by atoms with van der Waals surface area (Å²) in [7, 11) is 0. The molecule has 0 aromatic carbocycles. The first kappa shape index (κ1) is 11.8. The van der Waals surface area contributed by atoms with Gasteiger partial charge in [0.2, 0.25) is 0 Å². The summed E-state index contributed by atoms with van der Waals surface area (Å²) in [5.41, 5.74) is 8.60. The second-order valence-corrected chi connectivity index (χ2v) is 4.04. The van der Waals surface area contributed by atoms with Crippen LogP contribution in [0.15, 0.2) is 12.3 Å². The summed E-state index contributed by atoms with van der Waals surface area (Å²) in [6.07, 6.45) is 2.71. The van der Waals surface area contributed by atoms with Gasteiger partial charge < -0.3 is 5.73 Å². The maximum absolute atomic E-state index is 5.48. The zero-order valence-corrected chi connectivity index (χ0v) is 10.3. The Hall–Kier alpha value is -1.69. The van der Waals surface area contributed by atoms with Crippen LogP contribution in [0.5, 0.6) is 0 Å². The first-order valence-electron chi connectivity index (χ1n) is 5.85. The van der Waals surface area contributed by atoms with E-state index in [2.05, 4.69) is 28.4 Å². The highest BCUT2D eigenvalue weighted by Gasteiger charge is 2.06. The topological polar surface area (TPSA) is 74.5 Å². The van der Waals surface area contributed by atoms with Gasteiger partial charge in [-0.2, -0.15) is 5.10 Å². The van der Waals surface area contributed by atoms with Gasteiger partial charge in [-0.1, -0.05) is 5.21 Å². The number of aryl methyl sites for hydroxylation is 2. The van der Waals surface area contributed by atoms with E-state index in [4.69, 9.17) is 5.73 Å². The average molecular weight is 234 g/mol. The lowest BCUT2D eigenvalue weighted by atomic mass is 10.3. The fraction of sp³-hybridized carbons (Fsp3) is 0.545. The van der Waals surface area contributed by atoms with Crippen molar-refractivity contribution < 1.29 is 0 Å². The lowest BCUT2D eigenvalue weighted by Crippen LogP contribution is -2.08. The van der Waals surface area contributed by atoms with Gasteiger partial charge in [0, 0.05) is 19.2 Å². The molecule has 2 aromatic heterocycles. The van der Waals surface area contributed by atoms with E-state index in [1.54, 1.807) is 0 Å². The molecule has 0 radical (unpaired) electrons. The molecule has 2 aromatic rings. The van der Waals surface area contributed by atoms with Crippen molar-refractivity contribution in [3.8, 4) is 0 Å². The highest BCUT2D eigenvalue weighted by Crippen LogP contribution is 2.06. The summed E-state index contributed by atoms with van der Waals surface area (Å²) >= 11 is 0. The zero-order chi connectivity index (χ0) is 12.3. The van der Waals surface area contributed by atoms with E-state index in [0.29, 0.717) is 13.1 Å². The first-order valence-corrected chi connectivity index (χ1v) is 5.85. The fourth-order valence-electron chi connectivity index (χ4n) is 1.84. The molecule has 0 aliphatic carbocycles. The van der Waals surface area contributed by atoms with Gasteiger partial charge in [0.15, 0.2) is 0 Å². The van der Waals surface area contributed by atoms with Gasteiger partial charge in [-0.15, -0.1) is 5.10 Å². The molecule has 17 heavy (non-hydrogen) atoms. The van der Waals surface area contributed by atoms with Gasteiger partial charge in [-0.05, 0) is 26.5 Å². The predicted octanol–water partition coefficient (Wildman–Crippen LogP) is 0.352. The molecule has 0 saturated heterocycles. The van der Waals surface area contributed by atoms with Crippen LogP contribution in [-0.2, 0) is 19.5 Å². The average Bonchev–Trinajstić information content (AvgIpc) is 2.87. The summed E-state index contributed by atoms with van der Waals surface area (Å²) in [6.45, 7) is 6.25. The molecule has 92 valence electrons. The lowest BCUT2D eigenvalue weighted by Gasteiger charge is -2.03. The van der Waals surface area contributed by atoms with E-state index in [1.807, 2.05) is 22.5 Å². The smallest absolute Gasteiger partial charge is 0.0846 e. The van der Waals surface area contributed by atoms with Gasteiger partial charge in [-0.3, -0.25) is 4.68 Å². The molecule has 0 amide bonds. The van der Waals surface area contributed by atoms with Crippen molar-refractivity contribution in [2.45, 2.75) is 33.4 Å². The Labute approximate surface area is 100 Å². The molecule has 2 N–H and O–H groups in total. The summed E-state index contributed by atoms with van der Waals surface area (Å²) in [4.78, 5) is 0. The number of hydrogen-bond acceptors (Lipinski definition) is 4. The van der Waals surface area contributed by atoms with Crippen LogP contribution in [0.25, 0.3) is 0 Å². The summed E-state index contributed by atoms with van der Waals surface area (Å²) in [6, 6.07) is 2.08. The van der Waals surface area contributed by atoms with Gasteiger partial charge >= 0.3 is 0 Å². The third-order valence-corrected chi connectivity index (χ3v) is 2.60. The molecule has 0 fully saturated rings. The Morgan fingerprint density at radius 1 is 1.41 bits per heavy atom. The van der Waals surface area contributed by atoms with Crippen molar-refractivity contribution in [1.82, 2.24) is 24.8 Å². The van der Waals surface area contributed by atoms with Crippen molar-refractivity contribution in [2.24, 2.45) is 5.73 Å². The lowest BCUT2D eigenvalue weighted by molar-refractivity contribution is 0.565. The number of hydrogen-bond donors (Lipinski definition) is 1. The highest BCUT2D eigenvalue weighted by atomic mass is 15.4. The zero-order valence-electron chi connectivity index (χ0n) is 10.3. The van der Waals surface area contributed by atoms with Crippen LogP contribution in [0.3, 0.4) is 0 Å². The van der Waals surface area contributed by atoms with E-state index < -0.39 is 0 Å². The number of nitrogens with zero attached hydrogens (tertiary/aromatic N) is 5. The van der Waals surface area contributed by atoms with E-state index in [0.717, 1.165) is 30.0 Å². The number of rotatable bonds is 5. The third kappa shape index (κ3) is 2.71. The first-order chi connectivity index (χ1) is 8.22. The summed E-state index contributed by atoms with van der Waals surface area (Å²) in [5, 5.41) is 12.6. The van der Waals surface area contributed by atoms with Gasteiger partial charge in [-0.25, -0.2) is 4.68 Å². The molecule has 2 heterocycles. The molecule has 6 nitrogen and oxygen atoms in total. The van der Waals surface area contributed by atoms with Crippen LogP contribution in [0.1, 0.15) is 24.0 Å². The molecule has 0 spiro atoms. The molecule has 0 bridgehead atoms. The largest absolute Gasteiger partial charge is 0.330 e. The number of aromatic nitrogens is 5. The van der Waals surface area contributed by atoms with E-state index >= 15 is 0 Å². The summed E-state index contributed by atoms with van der Waals surface area (Å²) in [5.74, 6) is 0. The van der Waals surface area contributed by atoms with Crippen molar-refractivity contribution in [3.63, 3.8) is 0 Å². The summed E-state index contributed by atoms with van der Waals surface area (Å²) < 4.78 is 3.81. The van der Waals surface area contributed by atoms with Gasteiger partial charge in [0.05, 0.1) is 23.6 Å². The highest BCUT2D eigenvalue weighted by molar-refractivity contribution is 5.09. The second-order valence-electron chi connectivity index (χ2n) is 4.04. The standard InChI is InChI=1S/C11H18N6/c1-3-17-11(6-9(2)14-17)8-16-7-10(4-5-12)13-15-16/h6-7H,3-5,8,12H2,1-2H3. The Morgan fingerprint density at radius 2 is 2.24 bits per heavy atom. The maximum atomic E-state index is 5.48. The number of nitrogens with two attached hydrogens (primary N) is 1. The van der Waals surface area contributed by atoms with Crippen molar-refractivity contribution in [3.05, 3.63) is 29.3 Å². The molecule has 0 aliphatic heterocycles. The molecule has 0 saturated carbocycles. The van der Waals surface area contributed by atoms with Crippen LogP contribution in [0, 0.1) is 6.92 Å². The minimum atomic E-state index is 0.602. The Bertz CT molecular complexity index is 484. The molecule has 2 rings (SSSR count). The van der Waals surface area contributed by atoms with E-state index in [1.165, 1.54) is 0 Å². The van der Waals surface area contributed by atoms with Gasteiger partial charge in [0.1, 0.15) is 0 Å². The van der Waals surface area contributed by atoms with Crippen LogP contribution in [0.4, 0.5) is 0 Å². The normalized spacial score (nSPS) is 11.0. The van der Waals surface area contributed by atoms with Crippen molar-refractivity contribution in [1.29, 1.82) is 0 Å². The molecule has 6 heteroatoms. The third-order valence-electron chi connectivity index (χ3n) is 2.60. The Morgan fingerprint density at radius 3 is 2.94 bits per heavy atom. The minimum absolute atomic E-state index is 0.602. The van der Waals surface area contributed by atoms with Crippen molar-refractivity contribution >= 4 is 0 Å². The second kappa shape index (κ2) is 5.09. The minimum Gasteiger partial charge on any atom is -0.330 e. The Kier molecular flexibility index (Phi) is 3.53. The molecule has 0 unspecified atom stereocenters. The SMILES string of the molecule is CCn1nc(C)cc1Cn1cc(CCN)nn1. The van der Waals surface area contributed by atoms with Gasteiger partial charge in [0.25, 0.3) is 0 Å². The molecule has 0 aliphatic rings. The van der Waals surface area contributed by atoms with Crippen molar-refractivity contribution in [2.75, 3.05) is 6.54 Å². The van der Waals surface area contributed by atoms with Crippen LogP contribution < -0.4 is 5.73 Å². The predicted molar refractivity (Wildman–Crippen MR) is 64.5 cm³/mol. The molecular weight excluding hydrogens is 216 g/mol. The van der Waals surface area contributed by atoms with Crippen LogP contribution in [-0.4, -0.2) is 31.3 Å². The van der Waals surface area contributed by atoms with E-state index in [-0.39, 0.29) is 0 Å². The fourth-order valence-corrected chi connectivity index (χ4v) is 1.84. The Balaban J connectivity index is 2.13. The molecule has 0 atom stereocenters. The van der Waals surface area contributed by atoms with E-state index in [9.17, 15) is 0 Å². The monoisotopic (exact) mass is 234 g/mol. The maximum Gasteiger partial charge on any atom is 0.0846 e. The van der Waals surface area contributed by atoms with Crippen LogP contribution >= 0.6 is 0 Å². The molecular formula is C11H18N6. The van der Waals surface area contributed by atoms with Crippen LogP contribution in [0.2, 0.25) is 0 Å². The quantitative estimate of drug-likeness (QED) is 0.810.